The minimum atomic E-state index is -2.10. The highest BCUT2D eigenvalue weighted by Gasteiger charge is 2.60. The number of hydrogen-bond acceptors (Lipinski definition) is 21. The van der Waals surface area contributed by atoms with Crippen molar-refractivity contribution in [1.82, 2.24) is 28.7 Å². The van der Waals surface area contributed by atoms with E-state index in [9.17, 15) is 64.8 Å². The van der Waals surface area contributed by atoms with Gasteiger partial charge in [-0.05, 0) is 16.6 Å². The molecule has 0 aliphatic carbocycles. The highest BCUT2D eigenvalue weighted by atomic mass is 16.6. The molecule has 3 saturated heterocycles. The van der Waals surface area contributed by atoms with E-state index in [4.69, 9.17) is 35.5 Å². The Kier molecular flexibility index (Phi) is 12.7. The molecule has 3 fully saturated rings. The molecule has 0 saturated carbocycles. The molecule has 0 radical (unpaired) electrons. The van der Waals surface area contributed by atoms with Crippen LogP contribution in [0.5, 0.6) is 6.01 Å². The number of aliphatic hydroxyl groups excluding tert-OH is 8. The fourth-order valence-electron chi connectivity index (χ4n) is 6.10. The van der Waals surface area contributed by atoms with Gasteiger partial charge >= 0.3 is 17.4 Å². The van der Waals surface area contributed by atoms with Crippen molar-refractivity contribution in [2.45, 2.75) is 72.5 Å². The van der Waals surface area contributed by atoms with Crippen molar-refractivity contribution in [2.75, 3.05) is 19.8 Å². The summed E-state index contributed by atoms with van der Waals surface area (Å²) in [6.07, 6.45) is -9.24. The van der Waals surface area contributed by atoms with E-state index in [1.165, 1.54) is 16.8 Å². The van der Waals surface area contributed by atoms with E-state index in [1.807, 2.05) is 9.97 Å². The summed E-state index contributed by atoms with van der Waals surface area (Å²) >= 11 is 0. The van der Waals surface area contributed by atoms with Gasteiger partial charge in [-0.25, -0.2) is 9.59 Å². The smallest absolute Gasteiger partial charge is 0.330 e. The molecule has 32 heteroatoms. The summed E-state index contributed by atoms with van der Waals surface area (Å²) in [5.41, 5.74) is 15.8. The van der Waals surface area contributed by atoms with Crippen LogP contribution in [0.3, 0.4) is 0 Å². The Morgan fingerprint density at radius 2 is 1.02 bits per heavy atom. The standard InChI is InChI=1S/2C9H11N5O6.C9H9N5O5/c2*10-13-12-9(3-15)6(18)5(17)7(20-9)14-2-1-4(16)11-8(14)19;10-13-12-9(3-15)6(17)5-7(19-9)14-2-1-4(16)11-8(14)18-5/h2*1-2,5-7,15,17-18H,3H2,(H,11,16,19);1-2,5-7,15,17H,3H2/t5-,6+,7-,9-;5-,6-,7+,9+;5?,6-,7+,9+/m100/s1. The summed E-state index contributed by atoms with van der Waals surface area (Å²) in [5, 5.41) is 86.8. The van der Waals surface area contributed by atoms with Crippen molar-refractivity contribution in [2.24, 2.45) is 15.3 Å². The molecule has 0 amide bonds. The monoisotopic (exact) mass is 837 g/mol. The number of rotatable bonds is 8. The first-order valence-corrected chi connectivity index (χ1v) is 16.4. The molecule has 12 atom stereocenters. The van der Waals surface area contributed by atoms with E-state index >= 15 is 0 Å². The average Bonchev–Trinajstić information content (AvgIpc) is 3.85. The molecular weight excluding hydrogens is 806 g/mol. The number of ether oxygens (including phenoxy) is 4. The fourth-order valence-corrected chi connectivity index (χ4v) is 6.10. The Hall–Kier alpha value is -6.47. The highest BCUT2D eigenvalue weighted by molar-refractivity contribution is 5.14. The first-order chi connectivity index (χ1) is 28.0. The Labute approximate surface area is 322 Å². The van der Waals surface area contributed by atoms with Crippen LogP contribution < -0.4 is 32.8 Å². The van der Waals surface area contributed by atoms with Crippen molar-refractivity contribution in [3.63, 3.8) is 0 Å². The van der Waals surface area contributed by atoms with Crippen LogP contribution in [0.2, 0.25) is 0 Å². The van der Waals surface area contributed by atoms with Crippen LogP contribution >= 0.6 is 0 Å². The molecule has 59 heavy (non-hydrogen) atoms. The van der Waals surface area contributed by atoms with Crippen LogP contribution in [0.15, 0.2) is 76.1 Å². The van der Waals surface area contributed by atoms with E-state index in [0.717, 1.165) is 33.7 Å². The van der Waals surface area contributed by atoms with Gasteiger partial charge in [0.25, 0.3) is 16.7 Å². The van der Waals surface area contributed by atoms with Crippen molar-refractivity contribution < 1.29 is 59.8 Å². The minimum absolute atomic E-state index is 0.00836. The molecule has 7 rings (SSSR count). The maximum Gasteiger partial charge on any atom is 0.330 e. The van der Waals surface area contributed by atoms with E-state index < -0.39 is 120 Å². The number of azide groups is 3. The predicted molar refractivity (Wildman–Crippen MR) is 183 cm³/mol. The van der Waals surface area contributed by atoms with Gasteiger partial charge in [-0.1, -0.05) is 15.3 Å². The zero-order valence-corrected chi connectivity index (χ0v) is 29.3. The molecule has 10 N–H and O–H groups in total. The maximum atomic E-state index is 11.6. The van der Waals surface area contributed by atoms with Gasteiger partial charge in [-0.15, -0.1) is 0 Å². The quantitative estimate of drug-likeness (QED) is 0.0574. The summed E-state index contributed by atoms with van der Waals surface area (Å²) in [5.74, 6) is 0. The number of H-pyrrole nitrogens is 2. The van der Waals surface area contributed by atoms with Gasteiger partial charge in [-0.3, -0.25) is 38.1 Å². The van der Waals surface area contributed by atoms with Crippen LogP contribution in [0.4, 0.5) is 0 Å². The minimum Gasteiger partial charge on any atom is -0.453 e. The number of nitrogens with zero attached hydrogens (tertiary/aromatic N) is 13. The Balaban J connectivity index is 0.000000168. The Morgan fingerprint density at radius 3 is 1.41 bits per heavy atom. The molecule has 4 aliphatic rings. The van der Waals surface area contributed by atoms with Crippen molar-refractivity contribution in [1.29, 1.82) is 0 Å². The second-order valence-corrected chi connectivity index (χ2v) is 12.5. The number of aliphatic hydroxyl groups is 8. The molecule has 4 aliphatic heterocycles. The first-order valence-electron chi connectivity index (χ1n) is 16.4. The van der Waals surface area contributed by atoms with Gasteiger partial charge in [0.05, 0.1) is 19.8 Å². The molecule has 316 valence electrons. The van der Waals surface area contributed by atoms with E-state index in [1.54, 1.807) is 0 Å². The zero-order valence-electron chi connectivity index (χ0n) is 29.3. The lowest BCUT2D eigenvalue weighted by Crippen LogP contribution is -2.45. The molecular formula is C27H31N15O17. The SMILES string of the molecule is [N-]=[N+]=N[C@]1(CO)O[C@@H](n2ccc(=O)[nH]c2=O)[C@@H](O)[C@@H]1O.[N-]=[N+]=N[C@]1(CO)O[C@@H](n2ccc(=O)[nH]c2=O)[C@H](O)[C@@H]1O.[N-]=[N+]=N[C@]1(CO)O[C@@H]2C(Oc3nc(=O)ccn32)[C@@H]1O. The van der Waals surface area contributed by atoms with Crippen LogP contribution in [0.1, 0.15) is 18.7 Å². The van der Waals surface area contributed by atoms with Gasteiger partial charge in [0, 0.05) is 51.5 Å². The number of fused-ring (bicyclic) bond motifs is 3. The normalized spacial score (nSPS) is 33.6. The fraction of sp³-hybridized carbons (Fsp3) is 0.556. The lowest BCUT2D eigenvalue weighted by atomic mass is 10.1. The molecule has 0 spiro atoms. The lowest BCUT2D eigenvalue weighted by Gasteiger charge is -2.25. The van der Waals surface area contributed by atoms with Gasteiger partial charge in [-0.2, -0.15) is 4.98 Å². The maximum absolute atomic E-state index is 11.6. The molecule has 0 aromatic carbocycles. The topological polar surface area (TPSA) is 490 Å². The molecule has 0 bridgehead atoms. The number of aromatic amines is 2. The summed E-state index contributed by atoms with van der Waals surface area (Å²) in [7, 11) is 0. The van der Waals surface area contributed by atoms with Crippen LogP contribution in [-0.4, -0.2) is 143 Å². The van der Waals surface area contributed by atoms with E-state index in [0.29, 0.717) is 0 Å². The predicted octanol–water partition coefficient (Wildman–Crippen LogP) is -5.53. The third kappa shape index (κ3) is 7.90. The largest absolute Gasteiger partial charge is 0.453 e. The van der Waals surface area contributed by atoms with Crippen molar-refractivity contribution in [3.8, 4) is 6.01 Å². The summed E-state index contributed by atoms with van der Waals surface area (Å²) in [4.78, 5) is 71.2. The van der Waals surface area contributed by atoms with Gasteiger partial charge < -0.3 is 59.8 Å². The summed E-state index contributed by atoms with van der Waals surface area (Å²) in [6.45, 7) is -2.49. The molecule has 1 unspecified atom stereocenters. The Morgan fingerprint density at radius 1 is 0.627 bits per heavy atom. The average molecular weight is 838 g/mol. The molecule has 7 heterocycles. The highest BCUT2D eigenvalue weighted by Crippen LogP contribution is 2.44. The summed E-state index contributed by atoms with van der Waals surface area (Å²) < 4.78 is 24.0. The molecule has 3 aromatic heterocycles. The van der Waals surface area contributed by atoms with Crippen LogP contribution in [0.25, 0.3) is 31.3 Å². The van der Waals surface area contributed by atoms with Crippen molar-refractivity contribution in [3.05, 3.63) is 120 Å². The van der Waals surface area contributed by atoms with Crippen LogP contribution in [0, 0.1) is 0 Å². The Bertz CT molecular complexity index is 2380. The van der Waals surface area contributed by atoms with E-state index in [2.05, 4.69) is 35.1 Å². The third-order valence-corrected chi connectivity index (χ3v) is 9.08. The van der Waals surface area contributed by atoms with Crippen molar-refractivity contribution >= 4 is 0 Å². The van der Waals surface area contributed by atoms with Gasteiger partial charge in [0.1, 0.15) is 30.5 Å². The second-order valence-electron chi connectivity index (χ2n) is 12.5. The number of nitrogens with one attached hydrogen (secondary N) is 2. The first kappa shape index (κ1) is 43.6. The second kappa shape index (κ2) is 17.2. The lowest BCUT2D eigenvalue weighted by molar-refractivity contribution is -0.125. The van der Waals surface area contributed by atoms with Gasteiger partial charge in [0.15, 0.2) is 24.8 Å². The number of hydrogen-bond donors (Lipinski definition) is 10. The zero-order chi connectivity index (χ0) is 43.4. The van der Waals surface area contributed by atoms with Crippen LogP contribution in [-0.2, 0) is 14.2 Å². The van der Waals surface area contributed by atoms with E-state index in [-0.39, 0.29) is 6.01 Å². The molecule has 3 aromatic rings. The summed E-state index contributed by atoms with van der Waals surface area (Å²) in [6, 6.07) is 3.23. The van der Waals surface area contributed by atoms with Gasteiger partial charge in [0.2, 0.25) is 17.2 Å². The number of aromatic nitrogens is 6. The third-order valence-electron chi connectivity index (χ3n) is 9.08. The molecule has 32 nitrogen and oxygen atoms in total.